The van der Waals surface area contributed by atoms with E-state index in [2.05, 4.69) is 21.2 Å². The van der Waals surface area contributed by atoms with E-state index in [4.69, 9.17) is 4.74 Å². The molecule has 1 N–H and O–H groups in total. The van der Waals surface area contributed by atoms with Crippen LogP contribution >= 0.6 is 27.7 Å². The number of rotatable bonds is 5. The van der Waals surface area contributed by atoms with Crippen LogP contribution in [0.15, 0.2) is 28.7 Å². The van der Waals surface area contributed by atoms with Crippen molar-refractivity contribution in [2.75, 3.05) is 19.1 Å². The highest BCUT2D eigenvalue weighted by Crippen LogP contribution is 2.18. The average molecular weight is 332 g/mol. The van der Waals surface area contributed by atoms with Gasteiger partial charge >= 0.3 is 5.97 Å². The van der Waals surface area contributed by atoms with Crippen molar-refractivity contribution in [1.29, 1.82) is 0 Å². The predicted molar refractivity (Wildman–Crippen MR) is 75.4 cm³/mol. The third-order valence-corrected chi connectivity index (χ3v) is 3.30. The summed E-state index contributed by atoms with van der Waals surface area (Å²) in [6.07, 6.45) is 1.83. The molecule has 98 valence electrons. The van der Waals surface area contributed by atoms with E-state index in [1.54, 1.807) is 12.1 Å². The van der Waals surface area contributed by atoms with Gasteiger partial charge in [0.05, 0.1) is 12.9 Å². The number of ether oxygens (including phenoxy) is 1. The number of halogens is 1. The van der Waals surface area contributed by atoms with E-state index in [-0.39, 0.29) is 5.91 Å². The number of methoxy groups -OCH3 is 1. The number of hydrogen-bond acceptors (Lipinski definition) is 4. The summed E-state index contributed by atoms with van der Waals surface area (Å²) in [5, 5.41) is 2.65. The molecule has 1 amide bonds. The first kappa shape index (κ1) is 15.0. The van der Waals surface area contributed by atoms with Gasteiger partial charge in [0.25, 0.3) is 0 Å². The number of benzene rings is 1. The Hall–Kier alpha value is -1.01. The molecule has 1 atom stereocenters. The Balaban J connectivity index is 2.88. The molecule has 6 heteroatoms. The first-order chi connectivity index (χ1) is 8.58. The molecule has 0 spiro atoms. The fourth-order valence-corrected chi connectivity index (χ4v) is 2.00. The molecule has 18 heavy (non-hydrogen) atoms. The van der Waals surface area contributed by atoms with Gasteiger partial charge in [0.15, 0.2) is 6.04 Å². The highest BCUT2D eigenvalue weighted by Gasteiger charge is 2.23. The van der Waals surface area contributed by atoms with E-state index in [1.165, 1.54) is 18.9 Å². The Kier molecular flexibility index (Phi) is 6.21. The molecule has 1 rings (SSSR count). The van der Waals surface area contributed by atoms with Crippen molar-refractivity contribution in [2.24, 2.45) is 0 Å². The Labute approximate surface area is 119 Å². The highest BCUT2D eigenvalue weighted by molar-refractivity contribution is 9.10. The van der Waals surface area contributed by atoms with E-state index in [1.807, 2.05) is 18.4 Å². The molecule has 0 radical (unpaired) electrons. The summed E-state index contributed by atoms with van der Waals surface area (Å²) in [5.74, 6) is -0.364. The summed E-state index contributed by atoms with van der Waals surface area (Å²) in [6, 6.07) is 6.40. The van der Waals surface area contributed by atoms with Crippen LogP contribution < -0.4 is 5.32 Å². The molecule has 0 heterocycles. The molecule has 0 aliphatic carbocycles. The molecule has 0 unspecified atom stereocenters. The number of amides is 1. The highest BCUT2D eigenvalue weighted by atomic mass is 79.9. The first-order valence-electron chi connectivity index (χ1n) is 5.20. The number of hydrogen-bond donors (Lipinski definition) is 1. The van der Waals surface area contributed by atoms with Gasteiger partial charge in [-0.1, -0.05) is 28.1 Å². The SMILES string of the molecule is COC(=O)[C@@H](NC(=O)CSC)c1ccc(Br)cc1. The van der Waals surface area contributed by atoms with Gasteiger partial charge in [-0.2, -0.15) is 11.8 Å². The summed E-state index contributed by atoms with van der Waals surface area (Å²) in [5.41, 5.74) is 0.694. The van der Waals surface area contributed by atoms with E-state index in [0.717, 1.165) is 4.47 Å². The lowest BCUT2D eigenvalue weighted by Crippen LogP contribution is -2.35. The van der Waals surface area contributed by atoms with Crippen LogP contribution in [0.4, 0.5) is 0 Å². The largest absolute Gasteiger partial charge is 0.467 e. The van der Waals surface area contributed by atoms with Crippen LogP contribution in [0.1, 0.15) is 11.6 Å². The fraction of sp³-hybridized carbons (Fsp3) is 0.333. The summed E-state index contributed by atoms with van der Waals surface area (Å²) in [7, 11) is 1.30. The van der Waals surface area contributed by atoms with E-state index < -0.39 is 12.0 Å². The quantitative estimate of drug-likeness (QED) is 0.840. The number of esters is 1. The van der Waals surface area contributed by atoms with Gasteiger partial charge in [0.2, 0.25) is 5.91 Å². The Morgan fingerprint density at radius 3 is 2.50 bits per heavy atom. The van der Waals surface area contributed by atoms with Crippen LogP contribution in [0.5, 0.6) is 0 Å². The minimum Gasteiger partial charge on any atom is -0.467 e. The van der Waals surface area contributed by atoms with E-state index in [0.29, 0.717) is 11.3 Å². The molecular weight excluding hydrogens is 318 g/mol. The van der Waals surface area contributed by atoms with Gasteiger partial charge in [-0.3, -0.25) is 4.79 Å². The van der Waals surface area contributed by atoms with E-state index in [9.17, 15) is 9.59 Å². The smallest absolute Gasteiger partial charge is 0.333 e. The molecule has 0 aliphatic rings. The topological polar surface area (TPSA) is 55.4 Å². The molecule has 0 aliphatic heterocycles. The lowest BCUT2D eigenvalue weighted by atomic mass is 10.1. The average Bonchev–Trinajstić information content (AvgIpc) is 2.36. The van der Waals surface area contributed by atoms with Crippen LogP contribution in [0.3, 0.4) is 0 Å². The lowest BCUT2D eigenvalue weighted by molar-refractivity contribution is -0.145. The Morgan fingerprint density at radius 2 is 2.00 bits per heavy atom. The number of nitrogens with one attached hydrogen (secondary N) is 1. The second-order valence-corrected chi connectivity index (χ2v) is 5.29. The van der Waals surface area contributed by atoms with Crippen molar-refractivity contribution in [2.45, 2.75) is 6.04 Å². The maximum atomic E-state index is 11.7. The van der Waals surface area contributed by atoms with Gasteiger partial charge in [0, 0.05) is 4.47 Å². The molecule has 0 aromatic heterocycles. The van der Waals surface area contributed by atoms with Crippen LogP contribution in [0, 0.1) is 0 Å². The van der Waals surface area contributed by atoms with Crippen LogP contribution in [-0.2, 0) is 14.3 Å². The molecule has 0 saturated heterocycles. The first-order valence-corrected chi connectivity index (χ1v) is 7.38. The number of carbonyl (C=O) groups excluding carboxylic acids is 2. The zero-order chi connectivity index (χ0) is 13.5. The summed E-state index contributed by atoms with van der Waals surface area (Å²) in [4.78, 5) is 23.2. The zero-order valence-corrected chi connectivity index (χ0v) is 12.5. The van der Waals surface area contributed by atoms with Crippen LogP contribution in [0.25, 0.3) is 0 Å². The Bertz CT molecular complexity index is 422. The van der Waals surface area contributed by atoms with E-state index >= 15 is 0 Å². The minimum atomic E-state index is -0.761. The molecular formula is C12H14BrNO3S. The monoisotopic (exact) mass is 331 g/mol. The van der Waals surface area contributed by atoms with Crippen LogP contribution in [-0.4, -0.2) is 31.0 Å². The lowest BCUT2D eigenvalue weighted by Gasteiger charge is -2.16. The molecule has 0 saturated carbocycles. The maximum absolute atomic E-state index is 11.7. The third kappa shape index (κ3) is 4.34. The van der Waals surface area contributed by atoms with Crippen molar-refractivity contribution in [3.8, 4) is 0 Å². The molecule has 0 fully saturated rings. The standard InChI is InChI=1S/C12H14BrNO3S/c1-17-12(16)11(14-10(15)7-18-2)8-3-5-9(13)6-4-8/h3-6,11H,7H2,1-2H3,(H,14,15)/t11-/m0/s1. The molecule has 1 aromatic carbocycles. The Morgan fingerprint density at radius 1 is 1.39 bits per heavy atom. The molecule has 0 bridgehead atoms. The van der Waals surface area contributed by atoms with Gasteiger partial charge in [-0.05, 0) is 24.0 Å². The molecule has 1 aromatic rings. The third-order valence-electron chi connectivity index (χ3n) is 2.22. The van der Waals surface area contributed by atoms with Gasteiger partial charge in [-0.15, -0.1) is 0 Å². The van der Waals surface area contributed by atoms with Gasteiger partial charge in [-0.25, -0.2) is 4.79 Å². The summed E-state index contributed by atoms with van der Waals surface area (Å²) in [6.45, 7) is 0. The maximum Gasteiger partial charge on any atom is 0.333 e. The summed E-state index contributed by atoms with van der Waals surface area (Å²) >= 11 is 4.71. The van der Waals surface area contributed by atoms with Crippen molar-refractivity contribution < 1.29 is 14.3 Å². The fourth-order valence-electron chi connectivity index (χ4n) is 1.39. The van der Waals surface area contributed by atoms with Crippen molar-refractivity contribution in [1.82, 2.24) is 5.32 Å². The van der Waals surface area contributed by atoms with Crippen molar-refractivity contribution in [3.05, 3.63) is 34.3 Å². The zero-order valence-electron chi connectivity index (χ0n) is 10.1. The van der Waals surface area contributed by atoms with Gasteiger partial charge in [0.1, 0.15) is 0 Å². The molecule has 4 nitrogen and oxygen atoms in total. The second kappa shape index (κ2) is 7.43. The normalized spacial score (nSPS) is 11.7. The predicted octanol–water partition coefficient (Wildman–Crippen LogP) is 2.14. The van der Waals surface area contributed by atoms with Crippen LogP contribution in [0.2, 0.25) is 0 Å². The number of thioether (sulfide) groups is 1. The second-order valence-electron chi connectivity index (χ2n) is 3.51. The van der Waals surface area contributed by atoms with Crippen molar-refractivity contribution in [3.63, 3.8) is 0 Å². The minimum absolute atomic E-state index is 0.194. The number of carbonyl (C=O) groups is 2. The van der Waals surface area contributed by atoms with Gasteiger partial charge < -0.3 is 10.1 Å². The van der Waals surface area contributed by atoms with Crippen molar-refractivity contribution >= 4 is 39.6 Å². The summed E-state index contributed by atoms with van der Waals surface area (Å²) < 4.78 is 5.61.